The predicted molar refractivity (Wildman–Crippen MR) is 241 cm³/mol. The summed E-state index contributed by atoms with van der Waals surface area (Å²) in [6, 6.07) is 10.5. The molecule has 9 rings (SSSR count). The van der Waals surface area contributed by atoms with Crippen molar-refractivity contribution >= 4 is 58.2 Å². The highest BCUT2D eigenvalue weighted by atomic mass is 35.5. The van der Waals surface area contributed by atoms with Crippen molar-refractivity contribution in [2.45, 2.75) is 88.6 Å². The number of rotatable bonds is 8. The van der Waals surface area contributed by atoms with Crippen LogP contribution >= 0.6 is 11.6 Å². The van der Waals surface area contributed by atoms with E-state index in [4.69, 9.17) is 11.6 Å². The number of carbonyl (C=O) groups excluding carboxylic acids is 5. The van der Waals surface area contributed by atoms with E-state index >= 15 is 4.39 Å². The normalized spacial score (nSPS) is 23.6. The van der Waals surface area contributed by atoms with Crippen LogP contribution in [-0.2, 0) is 32.5 Å². The predicted octanol–water partition coefficient (Wildman–Crippen LogP) is 7.38. The van der Waals surface area contributed by atoms with E-state index in [2.05, 4.69) is 31.0 Å². The van der Waals surface area contributed by atoms with Gasteiger partial charge in [-0.3, -0.25) is 34.3 Å². The second-order valence-electron chi connectivity index (χ2n) is 19.4. The van der Waals surface area contributed by atoms with Crippen LogP contribution in [0.5, 0.6) is 5.75 Å². The number of benzene rings is 3. The molecular weight excluding hydrogens is 953 g/mol. The number of ether oxygens (including phenoxy) is 1. The molecular formula is C48H46ClF7N8O6. The van der Waals surface area contributed by atoms with Crippen molar-refractivity contribution in [3.8, 4) is 5.75 Å². The number of aromatic nitrogens is 1. The maximum Gasteiger partial charge on any atom is 0.573 e. The number of alkyl halides is 6. The Kier molecular flexibility index (Phi) is 12.3. The zero-order valence-corrected chi connectivity index (χ0v) is 38.5. The number of amides is 5. The molecule has 1 aromatic heterocycles. The van der Waals surface area contributed by atoms with Gasteiger partial charge >= 0.3 is 12.5 Å². The van der Waals surface area contributed by atoms with Gasteiger partial charge in [0, 0.05) is 97.3 Å². The Labute approximate surface area is 401 Å². The molecule has 0 aliphatic carbocycles. The van der Waals surface area contributed by atoms with E-state index in [9.17, 15) is 50.3 Å². The van der Waals surface area contributed by atoms with Crippen molar-refractivity contribution in [3.63, 3.8) is 0 Å². The number of nitrogens with zero attached hydrogens (tertiary/aromatic N) is 4. The SMILES string of the molecule is CC(C)(C)C[C@@H]1N[C@@H](C(=O)Nc2ccc(C(=O)N3CCN(c4ccc5c(c4)CN(C4CCC(=O)NC4=O)C5=O)CC3)cc2OC(F)(F)F)[C@H](c2cccc(Cl)c2F)[C@]12CNc1cc(C(F)(F)F)ncc12. The van der Waals surface area contributed by atoms with Crippen LogP contribution in [0.15, 0.2) is 66.9 Å². The summed E-state index contributed by atoms with van der Waals surface area (Å²) in [7, 11) is 0. The highest BCUT2D eigenvalue weighted by Crippen LogP contribution is 2.57. The van der Waals surface area contributed by atoms with Crippen LogP contribution in [0, 0.1) is 11.2 Å². The van der Waals surface area contributed by atoms with Crippen molar-refractivity contribution in [1.29, 1.82) is 0 Å². The zero-order chi connectivity index (χ0) is 50.2. The first-order valence-corrected chi connectivity index (χ1v) is 22.8. The summed E-state index contributed by atoms with van der Waals surface area (Å²) < 4.78 is 105. The number of piperazine rings is 1. The molecule has 3 fully saturated rings. The Morgan fingerprint density at radius 1 is 0.957 bits per heavy atom. The van der Waals surface area contributed by atoms with Gasteiger partial charge in [0.15, 0.2) is 5.75 Å². The van der Waals surface area contributed by atoms with Crippen LogP contribution in [0.25, 0.3) is 0 Å². The van der Waals surface area contributed by atoms with Gasteiger partial charge in [-0.2, -0.15) is 13.2 Å². The van der Waals surface area contributed by atoms with Crippen molar-refractivity contribution in [2.24, 2.45) is 5.41 Å². The first kappa shape index (κ1) is 48.5. The molecule has 5 aliphatic heterocycles. The second kappa shape index (κ2) is 17.7. The number of pyridine rings is 1. The summed E-state index contributed by atoms with van der Waals surface area (Å²) in [6.07, 6.45) is -8.39. The smallest absolute Gasteiger partial charge is 0.404 e. The summed E-state index contributed by atoms with van der Waals surface area (Å²) in [4.78, 5) is 74.6. The maximum absolute atomic E-state index is 16.3. The molecule has 3 aromatic carbocycles. The number of fused-ring (bicyclic) bond motifs is 3. The van der Waals surface area contributed by atoms with Crippen molar-refractivity contribution in [2.75, 3.05) is 48.3 Å². The van der Waals surface area contributed by atoms with Gasteiger partial charge in [0.05, 0.1) is 16.8 Å². The Morgan fingerprint density at radius 3 is 2.39 bits per heavy atom. The van der Waals surface area contributed by atoms with Crippen LogP contribution in [-0.4, -0.2) is 102 Å². The topological polar surface area (TPSA) is 165 Å². The highest BCUT2D eigenvalue weighted by molar-refractivity contribution is 6.30. The largest absolute Gasteiger partial charge is 0.573 e. The van der Waals surface area contributed by atoms with E-state index in [-0.39, 0.29) is 72.3 Å². The third-order valence-corrected chi connectivity index (χ3v) is 14.0. The molecule has 370 valence electrons. The zero-order valence-electron chi connectivity index (χ0n) is 37.8. The molecule has 4 N–H and O–H groups in total. The molecule has 4 aromatic rings. The highest BCUT2D eigenvalue weighted by Gasteiger charge is 2.62. The molecule has 70 heavy (non-hydrogen) atoms. The van der Waals surface area contributed by atoms with Gasteiger partial charge < -0.3 is 35.4 Å². The minimum Gasteiger partial charge on any atom is -0.404 e. The number of hydrogen-bond donors (Lipinski definition) is 4. The van der Waals surface area contributed by atoms with Gasteiger partial charge in [0.25, 0.3) is 11.8 Å². The average Bonchev–Trinajstić information content (AvgIpc) is 3.94. The van der Waals surface area contributed by atoms with E-state index in [1.54, 1.807) is 12.1 Å². The fourth-order valence-corrected chi connectivity index (χ4v) is 10.8. The van der Waals surface area contributed by atoms with E-state index in [1.807, 2.05) is 31.7 Å². The van der Waals surface area contributed by atoms with Crippen LogP contribution in [0.3, 0.4) is 0 Å². The summed E-state index contributed by atoms with van der Waals surface area (Å²) in [6.45, 7) is 6.75. The maximum atomic E-state index is 16.3. The van der Waals surface area contributed by atoms with Crippen LogP contribution in [0.2, 0.25) is 5.02 Å². The molecule has 0 bridgehead atoms. The number of halogens is 8. The Balaban J connectivity index is 0.960. The van der Waals surface area contributed by atoms with Gasteiger partial charge in [-0.1, -0.05) is 44.5 Å². The molecule has 6 heterocycles. The molecule has 0 radical (unpaired) electrons. The van der Waals surface area contributed by atoms with Gasteiger partial charge in [0.1, 0.15) is 17.6 Å². The van der Waals surface area contributed by atoms with Gasteiger partial charge in [-0.05, 0) is 77.9 Å². The van der Waals surface area contributed by atoms with E-state index in [0.29, 0.717) is 30.6 Å². The number of piperidine rings is 1. The summed E-state index contributed by atoms with van der Waals surface area (Å²) >= 11 is 6.29. The average molecular weight is 999 g/mol. The molecule has 5 amide bonds. The minimum absolute atomic E-state index is 0.0680. The number of imide groups is 1. The van der Waals surface area contributed by atoms with E-state index in [1.165, 1.54) is 34.1 Å². The number of hydrogen-bond acceptors (Lipinski definition) is 10. The second-order valence-corrected chi connectivity index (χ2v) is 19.8. The fourth-order valence-electron chi connectivity index (χ4n) is 10.6. The fraction of sp³-hybridized carbons (Fsp3) is 0.417. The third kappa shape index (κ3) is 9.08. The first-order chi connectivity index (χ1) is 32.9. The molecule has 3 saturated heterocycles. The van der Waals surface area contributed by atoms with Crippen molar-refractivity contribution < 1.29 is 59.4 Å². The number of anilines is 3. The summed E-state index contributed by atoms with van der Waals surface area (Å²) in [5.74, 6) is -5.83. The lowest BCUT2D eigenvalue weighted by Crippen LogP contribution is -2.52. The minimum atomic E-state index is -5.28. The standard InChI is InChI=1S/C48H46ClF7N8O6/c1-45(2,3)20-36-46(23-58-32-19-35(47(51,52)53)57-21-29(32)46)38(28-5-4-6-30(49)39(28)50)40(60-36)42(67)59-31-10-7-24(18-34(31)70-48(54,55)56)43(68)63-15-13-62(14-16-63)26-8-9-27-25(17-26)22-64(44(27)69)33-11-12-37(65)61-41(33)66/h4-10,17-19,21,33,36,38,40,58,60H,11-16,20,22-23H2,1-3H3,(H,59,67)(H,61,65,66)/t33?,36-,38-,40+,46-/m0/s1. The van der Waals surface area contributed by atoms with E-state index < -0.39 is 94.0 Å². The number of carbonyl (C=O) groups is 5. The first-order valence-electron chi connectivity index (χ1n) is 22.5. The molecule has 14 nitrogen and oxygen atoms in total. The van der Waals surface area contributed by atoms with Crippen molar-refractivity contribution in [1.82, 2.24) is 25.4 Å². The summed E-state index contributed by atoms with van der Waals surface area (Å²) in [5, 5.41) is 10.8. The van der Waals surface area contributed by atoms with E-state index in [0.717, 1.165) is 30.1 Å². The van der Waals surface area contributed by atoms with Gasteiger partial charge in [-0.15, -0.1) is 13.2 Å². The Hall–Kier alpha value is -6.48. The Bertz CT molecular complexity index is 2810. The lowest BCUT2D eigenvalue weighted by atomic mass is 9.63. The molecule has 0 saturated carbocycles. The van der Waals surface area contributed by atoms with Gasteiger partial charge in [-0.25, -0.2) is 4.39 Å². The monoisotopic (exact) mass is 998 g/mol. The lowest BCUT2D eigenvalue weighted by Gasteiger charge is -2.39. The van der Waals surface area contributed by atoms with Gasteiger partial charge in [0.2, 0.25) is 17.7 Å². The lowest BCUT2D eigenvalue weighted by molar-refractivity contribution is -0.274. The third-order valence-electron chi connectivity index (χ3n) is 13.7. The quantitative estimate of drug-likeness (QED) is 0.104. The molecule has 22 heteroatoms. The number of nitrogens with one attached hydrogen (secondary N) is 4. The van der Waals surface area contributed by atoms with Crippen LogP contribution in [0.4, 0.5) is 47.8 Å². The van der Waals surface area contributed by atoms with Crippen LogP contribution in [0.1, 0.15) is 89.1 Å². The molecule has 5 atom stereocenters. The van der Waals surface area contributed by atoms with Crippen LogP contribution < -0.4 is 30.9 Å². The molecule has 1 spiro atoms. The molecule has 1 unspecified atom stereocenters. The van der Waals surface area contributed by atoms with Crippen molar-refractivity contribution in [3.05, 3.63) is 111 Å². The summed E-state index contributed by atoms with van der Waals surface area (Å²) in [5.41, 5.74) is -1.52. The molecule has 5 aliphatic rings. The Morgan fingerprint density at radius 2 is 1.70 bits per heavy atom.